The second kappa shape index (κ2) is 8.25. The Hall–Kier alpha value is -1.26. The molecule has 9 nitrogen and oxygen atoms in total. The molecule has 0 rings (SSSR count). The Morgan fingerprint density at radius 1 is 0.952 bits per heavy atom. The van der Waals surface area contributed by atoms with E-state index >= 15 is 0 Å². The van der Waals surface area contributed by atoms with Gasteiger partial charge in [0.2, 0.25) is 0 Å². The lowest BCUT2D eigenvalue weighted by atomic mass is 9.69. The predicted octanol–water partition coefficient (Wildman–Crippen LogP) is -2.25. The Labute approximate surface area is 123 Å². The van der Waals surface area contributed by atoms with Crippen molar-refractivity contribution in [1.29, 1.82) is 0 Å². The summed E-state index contributed by atoms with van der Waals surface area (Å²) in [4.78, 5) is 23.2. The molecule has 0 radical (unpaired) electrons. The fourth-order valence-corrected chi connectivity index (χ4v) is 2.28. The molecule has 124 valence electrons. The van der Waals surface area contributed by atoms with Gasteiger partial charge in [-0.2, -0.15) is 0 Å². The molecule has 0 aliphatic heterocycles. The molecular weight excluding hydrogens is 278 g/mol. The van der Waals surface area contributed by atoms with Gasteiger partial charge in [-0.05, 0) is 45.2 Å². The Morgan fingerprint density at radius 2 is 1.48 bits per heavy atom. The highest BCUT2D eigenvalue weighted by atomic mass is 16.4. The van der Waals surface area contributed by atoms with Gasteiger partial charge in [-0.15, -0.1) is 0 Å². The molecule has 0 amide bonds. The van der Waals surface area contributed by atoms with Crippen molar-refractivity contribution in [3.05, 3.63) is 0 Å². The Balaban J connectivity index is 5.50. The van der Waals surface area contributed by atoms with E-state index in [1.54, 1.807) is 0 Å². The molecule has 0 aromatic rings. The number of carboxylic acids is 2. The quantitative estimate of drug-likeness (QED) is 0.205. The summed E-state index contributed by atoms with van der Waals surface area (Å²) in [5.41, 5.74) is 23.8. The van der Waals surface area contributed by atoms with Crippen molar-refractivity contribution < 1.29 is 19.8 Å². The molecule has 0 heterocycles. The van der Waals surface area contributed by atoms with E-state index in [2.05, 4.69) is 0 Å². The highest BCUT2D eigenvalue weighted by Crippen LogP contribution is 2.29. The SMILES string of the molecule is NCCCCC(N)(C(=O)O)C(N)(C(=O)O)C(N)CCCN. The summed E-state index contributed by atoms with van der Waals surface area (Å²) in [7, 11) is 0. The zero-order chi connectivity index (χ0) is 16.7. The molecule has 0 aromatic heterocycles. The van der Waals surface area contributed by atoms with Crippen molar-refractivity contribution in [2.24, 2.45) is 28.7 Å². The summed E-state index contributed by atoms with van der Waals surface area (Å²) in [5.74, 6) is -3.03. The van der Waals surface area contributed by atoms with Crippen LogP contribution < -0.4 is 28.7 Å². The smallest absolute Gasteiger partial charge is 0.327 e. The molecule has 21 heavy (non-hydrogen) atoms. The summed E-state index contributed by atoms with van der Waals surface area (Å²) < 4.78 is 0. The van der Waals surface area contributed by atoms with E-state index in [0.29, 0.717) is 32.4 Å². The van der Waals surface area contributed by atoms with Crippen LogP contribution in [0.15, 0.2) is 0 Å². The van der Waals surface area contributed by atoms with Crippen molar-refractivity contribution in [2.75, 3.05) is 13.1 Å². The minimum atomic E-state index is -2.29. The normalized spacial score (nSPS) is 18.5. The first-order chi connectivity index (χ1) is 9.68. The van der Waals surface area contributed by atoms with Crippen LogP contribution in [0.5, 0.6) is 0 Å². The lowest BCUT2D eigenvalue weighted by Gasteiger charge is -2.43. The molecule has 0 aliphatic carbocycles. The minimum Gasteiger partial charge on any atom is -0.480 e. The van der Waals surface area contributed by atoms with E-state index in [1.807, 2.05) is 0 Å². The van der Waals surface area contributed by atoms with Gasteiger partial charge in [-0.1, -0.05) is 0 Å². The first-order valence-corrected chi connectivity index (χ1v) is 6.88. The maximum Gasteiger partial charge on any atom is 0.327 e. The summed E-state index contributed by atoms with van der Waals surface area (Å²) in [6, 6.07) is -1.13. The fourth-order valence-electron chi connectivity index (χ4n) is 2.28. The van der Waals surface area contributed by atoms with Crippen LogP contribution in [0.2, 0.25) is 0 Å². The van der Waals surface area contributed by atoms with Crippen molar-refractivity contribution in [3.63, 3.8) is 0 Å². The molecule has 0 saturated carbocycles. The highest BCUT2D eigenvalue weighted by molar-refractivity contribution is 5.93. The molecule has 3 atom stereocenters. The summed E-state index contributed by atoms with van der Waals surface area (Å²) in [5, 5.41) is 18.8. The maximum atomic E-state index is 11.6. The number of nitrogens with two attached hydrogens (primary N) is 5. The largest absolute Gasteiger partial charge is 0.480 e. The molecule has 0 aromatic carbocycles. The lowest BCUT2D eigenvalue weighted by molar-refractivity contribution is -0.159. The number of carbonyl (C=O) groups is 2. The van der Waals surface area contributed by atoms with Gasteiger partial charge in [-0.3, -0.25) is 9.59 Å². The van der Waals surface area contributed by atoms with Crippen molar-refractivity contribution in [1.82, 2.24) is 0 Å². The van der Waals surface area contributed by atoms with E-state index in [0.717, 1.165) is 0 Å². The number of aliphatic carboxylic acids is 2. The van der Waals surface area contributed by atoms with E-state index < -0.39 is 29.1 Å². The third-order valence-electron chi connectivity index (χ3n) is 3.80. The van der Waals surface area contributed by atoms with Crippen LogP contribution >= 0.6 is 0 Å². The van der Waals surface area contributed by atoms with Crippen LogP contribution in [0.4, 0.5) is 0 Å². The molecule has 0 saturated heterocycles. The molecule has 3 unspecified atom stereocenters. The fraction of sp³-hybridized carbons (Fsp3) is 0.833. The number of hydrogen-bond acceptors (Lipinski definition) is 7. The Bertz CT molecular complexity index is 368. The highest BCUT2D eigenvalue weighted by Gasteiger charge is 2.59. The van der Waals surface area contributed by atoms with Crippen LogP contribution in [-0.2, 0) is 9.59 Å². The number of carboxylic acid groups (broad SMARTS) is 2. The van der Waals surface area contributed by atoms with E-state index in [9.17, 15) is 19.8 Å². The Kier molecular flexibility index (Phi) is 7.75. The van der Waals surface area contributed by atoms with Gasteiger partial charge < -0.3 is 38.9 Å². The first-order valence-electron chi connectivity index (χ1n) is 6.88. The maximum absolute atomic E-state index is 11.6. The van der Waals surface area contributed by atoms with Crippen LogP contribution in [0.3, 0.4) is 0 Å². The predicted molar refractivity (Wildman–Crippen MR) is 78.3 cm³/mol. The number of rotatable bonds is 11. The molecule has 0 spiro atoms. The topological polar surface area (TPSA) is 205 Å². The first kappa shape index (κ1) is 19.7. The molecule has 9 heteroatoms. The van der Waals surface area contributed by atoms with Crippen molar-refractivity contribution >= 4 is 11.9 Å². The third kappa shape index (κ3) is 4.11. The molecule has 12 N–H and O–H groups in total. The van der Waals surface area contributed by atoms with Gasteiger partial charge in [0.15, 0.2) is 5.54 Å². The van der Waals surface area contributed by atoms with Gasteiger partial charge in [0.05, 0.1) is 0 Å². The average molecular weight is 305 g/mol. The van der Waals surface area contributed by atoms with E-state index in [-0.39, 0.29) is 12.8 Å². The molecule has 0 aliphatic rings. The van der Waals surface area contributed by atoms with Gasteiger partial charge >= 0.3 is 11.9 Å². The third-order valence-corrected chi connectivity index (χ3v) is 3.80. The van der Waals surface area contributed by atoms with Gasteiger partial charge in [0, 0.05) is 6.04 Å². The molecule has 0 fully saturated rings. The zero-order valence-corrected chi connectivity index (χ0v) is 12.1. The van der Waals surface area contributed by atoms with Crippen molar-refractivity contribution in [3.8, 4) is 0 Å². The second-order valence-corrected chi connectivity index (χ2v) is 5.23. The summed E-state index contributed by atoms with van der Waals surface area (Å²) >= 11 is 0. The van der Waals surface area contributed by atoms with Crippen LogP contribution in [0.25, 0.3) is 0 Å². The second-order valence-electron chi connectivity index (χ2n) is 5.23. The van der Waals surface area contributed by atoms with E-state index in [1.165, 1.54) is 0 Å². The standard InChI is InChI=1S/C12H27N5O4/c13-6-2-1-5-11(16,9(18)19)12(17,10(20)21)8(15)4-3-7-14/h8H,1-7,13-17H2,(H,18,19)(H,20,21). The zero-order valence-electron chi connectivity index (χ0n) is 12.1. The summed E-state index contributed by atoms with van der Waals surface area (Å²) in [6.45, 7) is 0.640. The molecular formula is C12H27N5O4. The molecule has 0 bridgehead atoms. The minimum absolute atomic E-state index is 0.126. The lowest BCUT2D eigenvalue weighted by Crippen LogP contribution is -2.79. The van der Waals surface area contributed by atoms with Crippen LogP contribution in [0.1, 0.15) is 32.1 Å². The number of unbranched alkanes of at least 4 members (excludes halogenated alkanes) is 1. The van der Waals surface area contributed by atoms with Gasteiger partial charge in [0.1, 0.15) is 5.54 Å². The summed E-state index contributed by atoms with van der Waals surface area (Å²) in [6.07, 6.45) is 1.32. The number of hydrogen-bond donors (Lipinski definition) is 7. The van der Waals surface area contributed by atoms with Crippen LogP contribution in [0, 0.1) is 0 Å². The van der Waals surface area contributed by atoms with Crippen LogP contribution in [-0.4, -0.2) is 52.4 Å². The van der Waals surface area contributed by atoms with Gasteiger partial charge in [0.25, 0.3) is 0 Å². The average Bonchev–Trinajstić information content (AvgIpc) is 2.43. The van der Waals surface area contributed by atoms with E-state index in [4.69, 9.17) is 28.7 Å². The monoisotopic (exact) mass is 305 g/mol. The van der Waals surface area contributed by atoms with Gasteiger partial charge in [-0.25, -0.2) is 0 Å². The Morgan fingerprint density at radius 3 is 1.86 bits per heavy atom. The van der Waals surface area contributed by atoms with Crippen molar-refractivity contribution in [2.45, 2.75) is 49.2 Å².